The number of nitrogens with zero attached hydrogens (tertiary/aromatic N) is 3. The molecule has 0 spiro atoms. The number of hydrogen-bond donors (Lipinski definition) is 1. The van der Waals surface area contributed by atoms with Crippen LogP contribution in [0.2, 0.25) is 5.02 Å². The average molecular weight is 389 g/mol. The maximum absolute atomic E-state index is 12.5. The van der Waals surface area contributed by atoms with Gasteiger partial charge in [0.2, 0.25) is 0 Å². The number of likely N-dealkylation sites (tertiary alicyclic amines) is 1. The van der Waals surface area contributed by atoms with E-state index in [1.54, 1.807) is 30.3 Å². The summed E-state index contributed by atoms with van der Waals surface area (Å²) in [6.07, 6.45) is 2.02. The van der Waals surface area contributed by atoms with E-state index < -0.39 is 5.97 Å². The molecule has 0 aliphatic carbocycles. The van der Waals surface area contributed by atoms with Crippen LogP contribution in [0.4, 0.5) is 11.5 Å². The summed E-state index contributed by atoms with van der Waals surface area (Å²) in [5.74, 6) is 0.504. The number of carbonyl (C=O) groups is 2. The van der Waals surface area contributed by atoms with Crippen LogP contribution in [0.1, 0.15) is 40.6 Å². The van der Waals surface area contributed by atoms with Crippen LogP contribution in [0.25, 0.3) is 0 Å². The van der Waals surface area contributed by atoms with Crippen LogP contribution in [-0.2, 0) is 4.74 Å². The molecule has 1 N–H and O–H groups in total. The van der Waals surface area contributed by atoms with Crippen molar-refractivity contribution in [3.05, 3.63) is 46.6 Å². The maximum atomic E-state index is 12.5. The van der Waals surface area contributed by atoms with Crippen molar-refractivity contribution in [1.82, 2.24) is 15.1 Å². The average Bonchev–Trinajstić information content (AvgIpc) is 2.69. The van der Waals surface area contributed by atoms with Gasteiger partial charge in [-0.15, -0.1) is 10.2 Å². The molecule has 0 unspecified atom stereocenters. The number of anilines is 2. The predicted molar refractivity (Wildman–Crippen MR) is 102 cm³/mol. The second-order valence-corrected chi connectivity index (χ2v) is 7.00. The molecule has 27 heavy (non-hydrogen) atoms. The van der Waals surface area contributed by atoms with Gasteiger partial charge in [-0.05, 0) is 49.1 Å². The highest BCUT2D eigenvalue weighted by Crippen LogP contribution is 2.26. The van der Waals surface area contributed by atoms with Crippen molar-refractivity contribution in [1.29, 1.82) is 0 Å². The van der Waals surface area contributed by atoms with Crippen LogP contribution in [0.3, 0.4) is 0 Å². The zero-order valence-electron chi connectivity index (χ0n) is 15.2. The van der Waals surface area contributed by atoms with Crippen molar-refractivity contribution >= 4 is 35.0 Å². The summed E-state index contributed by atoms with van der Waals surface area (Å²) in [5.41, 5.74) is 1.17. The first-order valence-electron chi connectivity index (χ1n) is 8.76. The van der Waals surface area contributed by atoms with Crippen molar-refractivity contribution in [3.8, 4) is 0 Å². The third-order valence-corrected chi connectivity index (χ3v) is 4.93. The molecule has 8 heteroatoms. The fourth-order valence-electron chi connectivity index (χ4n) is 2.89. The number of esters is 1. The fourth-order valence-corrected chi connectivity index (χ4v) is 3.06. The summed E-state index contributed by atoms with van der Waals surface area (Å²) in [6, 6.07) is 8.04. The Morgan fingerprint density at radius 3 is 2.56 bits per heavy atom. The molecule has 0 atom stereocenters. The Labute approximate surface area is 162 Å². The summed E-state index contributed by atoms with van der Waals surface area (Å²) in [4.78, 5) is 26.0. The molecule has 1 aromatic carbocycles. The summed E-state index contributed by atoms with van der Waals surface area (Å²) in [5, 5.41) is 11.5. The topological polar surface area (TPSA) is 84.4 Å². The van der Waals surface area contributed by atoms with Gasteiger partial charge in [-0.1, -0.05) is 18.5 Å². The quantitative estimate of drug-likeness (QED) is 0.806. The molecule has 1 amide bonds. The molecule has 1 aromatic heterocycles. The molecule has 0 saturated carbocycles. The third-order valence-electron chi connectivity index (χ3n) is 4.60. The molecule has 3 rings (SSSR count). The summed E-state index contributed by atoms with van der Waals surface area (Å²) >= 11 is 6.17. The zero-order chi connectivity index (χ0) is 19.4. The zero-order valence-corrected chi connectivity index (χ0v) is 16.0. The number of aromatic nitrogens is 2. The molecule has 1 fully saturated rings. The molecular formula is C19H21ClN4O3. The lowest BCUT2D eigenvalue weighted by Gasteiger charge is -2.29. The van der Waals surface area contributed by atoms with E-state index in [9.17, 15) is 9.59 Å². The first-order valence-corrected chi connectivity index (χ1v) is 9.13. The van der Waals surface area contributed by atoms with E-state index in [1.165, 1.54) is 7.11 Å². The number of ether oxygens (including phenoxy) is 1. The van der Waals surface area contributed by atoms with Gasteiger partial charge in [0.05, 0.1) is 23.4 Å². The molecule has 1 aliphatic heterocycles. The van der Waals surface area contributed by atoms with Crippen LogP contribution in [0, 0.1) is 5.92 Å². The molecule has 0 bridgehead atoms. The number of amides is 1. The standard InChI is InChI=1S/C19H21ClN4O3/c1-12-7-9-24(10-8-12)18(25)15-5-6-17(23-22-15)21-16-11-13(19(26)27-2)3-4-14(16)20/h3-6,11-12H,7-10H2,1-2H3,(H,21,23). The van der Waals surface area contributed by atoms with E-state index in [0.29, 0.717) is 33.7 Å². The van der Waals surface area contributed by atoms with Gasteiger partial charge >= 0.3 is 5.97 Å². The molecule has 1 aliphatic rings. The van der Waals surface area contributed by atoms with Crippen LogP contribution < -0.4 is 5.32 Å². The highest BCUT2D eigenvalue weighted by atomic mass is 35.5. The lowest BCUT2D eigenvalue weighted by Crippen LogP contribution is -2.38. The van der Waals surface area contributed by atoms with E-state index in [0.717, 1.165) is 25.9 Å². The Balaban J connectivity index is 1.71. The van der Waals surface area contributed by atoms with Crippen LogP contribution >= 0.6 is 11.6 Å². The van der Waals surface area contributed by atoms with Crippen molar-refractivity contribution in [3.63, 3.8) is 0 Å². The van der Waals surface area contributed by atoms with E-state index in [-0.39, 0.29) is 5.91 Å². The number of piperidine rings is 1. The van der Waals surface area contributed by atoms with Gasteiger partial charge in [-0.3, -0.25) is 4.79 Å². The largest absolute Gasteiger partial charge is 0.465 e. The molecular weight excluding hydrogens is 368 g/mol. The third kappa shape index (κ3) is 4.54. The summed E-state index contributed by atoms with van der Waals surface area (Å²) in [7, 11) is 1.31. The van der Waals surface area contributed by atoms with Crippen molar-refractivity contribution in [2.75, 3.05) is 25.5 Å². The van der Waals surface area contributed by atoms with Gasteiger partial charge in [0.15, 0.2) is 11.5 Å². The van der Waals surface area contributed by atoms with E-state index >= 15 is 0 Å². The number of hydrogen-bond acceptors (Lipinski definition) is 6. The minimum absolute atomic E-state index is 0.105. The first-order chi connectivity index (χ1) is 13.0. The van der Waals surface area contributed by atoms with E-state index in [4.69, 9.17) is 16.3 Å². The predicted octanol–water partition coefficient (Wildman–Crippen LogP) is 3.53. The Bertz CT molecular complexity index is 833. The second kappa shape index (κ2) is 8.35. The van der Waals surface area contributed by atoms with Gasteiger partial charge in [0.25, 0.3) is 5.91 Å². The van der Waals surface area contributed by atoms with Gasteiger partial charge < -0.3 is 15.0 Å². The Morgan fingerprint density at radius 2 is 1.93 bits per heavy atom. The molecule has 7 nitrogen and oxygen atoms in total. The smallest absolute Gasteiger partial charge is 0.337 e. The lowest BCUT2D eigenvalue weighted by molar-refractivity contribution is 0.0600. The molecule has 1 saturated heterocycles. The molecule has 0 radical (unpaired) electrons. The Morgan fingerprint density at radius 1 is 1.19 bits per heavy atom. The van der Waals surface area contributed by atoms with Gasteiger partial charge in [0, 0.05) is 13.1 Å². The Hall–Kier alpha value is -2.67. The molecule has 2 aromatic rings. The fraction of sp³-hybridized carbons (Fsp3) is 0.368. The van der Waals surface area contributed by atoms with Gasteiger partial charge in [-0.2, -0.15) is 0 Å². The maximum Gasteiger partial charge on any atom is 0.337 e. The lowest BCUT2D eigenvalue weighted by atomic mass is 9.99. The van der Waals surface area contributed by atoms with Crippen molar-refractivity contribution < 1.29 is 14.3 Å². The van der Waals surface area contributed by atoms with Crippen LogP contribution in [0.15, 0.2) is 30.3 Å². The number of benzene rings is 1. The number of rotatable bonds is 4. The highest BCUT2D eigenvalue weighted by molar-refractivity contribution is 6.33. The molecule has 2 heterocycles. The minimum atomic E-state index is -0.461. The van der Waals surface area contributed by atoms with E-state index in [1.807, 2.05) is 4.90 Å². The molecule has 142 valence electrons. The van der Waals surface area contributed by atoms with Crippen LogP contribution in [-0.4, -0.2) is 47.2 Å². The van der Waals surface area contributed by atoms with E-state index in [2.05, 4.69) is 22.4 Å². The first kappa shape index (κ1) is 19.1. The Kier molecular flexibility index (Phi) is 5.91. The number of nitrogens with one attached hydrogen (secondary N) is 1. The SMILES string of the molecule is COC(=O)c1ccc(Cl)c(Nc2ccc(C(=O)N3CCC(C)CC3)nn2)c1. The number of halogens is 1. The minimum Gasteiger partial charge on any atom is -0.465 e. The monoisotopic (exact) mass is 388 g/mol. The van der Waals surface area contributed by atoms with Gasteiger partial charge in [-0.25, -0.2) is 4.79 Å². The van der Waals surface area contributed by atoms with Crippen LogP contribution in [0.5, 0.6) is 0 Å². The summed E-state index contributed by atoms with van der Waals surface area (Å²) in [6.45, 7) is 3.69. The second-order valence-electron chi connectivity index (χ2n) is 6.59. The normalized spacial score (nSPS) is 14.7. The van der Waals surface area contributed by atoms with Crippen molar-refractivity contribution in [2.45, 2.75) is 19.8 Å². The number of methoxy groups -OCH3 is 1. The van der Waals surface area contributed by atoms with Crippen molar-refractivity contribution in [2.24, 2.45) is 5.92 Å². The highest BCUT2D eigenvalue weighted by Gasteiger charge is 2.22. The number of carbonyl (C=O) groups excluding carboxylic acids is 2. The summed E-state index contributed by atoms with van der Waals surface area (Å²) < 4.78 is 4.71. The van der Waals surface area contributed by atoms with Gasteiger partial charge in [0.1, 0.15) is 0 Å².